The van der Waals surface area contributed by atoms with Gasteiger partial charge in [-0.25, -0.2) is 8.42 Å². The van der Waals surface area contributed by atoms with Crippen LogP contribution in [0.2, 0.25) is 0 Å². The average molecular weight is 286 g/mol. The first-order chi connectivity index (χ1) is 9.04. The van der Waals surface area contributed by atoms with Gasteiger partial charge in [-0.1, -0.05) is 6.92 Å². The van der Waals surface area contributed by atoms with Crippen LogP contribution in [-0.4, -0.2) is 43.5 Å². The van der Waals surface area contributed by atoms with E-state index in [2.05, 4.69) is 4.98 Å². The van der Waals surface area contributed by atoms with Gasteiger partial charge in [0, 0.05) is 32.0 Å². The first-order valence-electron chi connectivity index (χ1n) is 6.34. The second-order valence-electron chi connectivity index (χ2n) is 4.48. The van der Waals surface area contributed by atoms with Gasteiger partial charge < -0.3 is 9.72 Å². The number of aromatic amines is 1. The van der Waals surface area contributed by atoms with Crippen LogP contribution in [0.1, 0.15) is 19.8 Å². The molecule has 0 saturated carbocycles. The molecule has 1 fully saturated rings. The van der Waals surface area contributed by atoms with E-state index in [1.165, 1.54) is 22.6 Å². The van der Waals surface area contributed by atoms with E-state index in [0.717, 1.165) is 12.8 Å². The Bertz CT molecular complexity index is 555. The van der Waals surface area contributed by atoms with Crippen LogP contribution < -0.4 is 5.56 Å². The van der Waals surface area contributed by atoms with Crippen LogP contribution >= 0.6 is 0 Å². The first kappa shape index (κ1) is 14.2. The normalized spacial score (nSPS) is 20.0. The Morgan fingerprint density at radius 3 is 2.79 bits per heavy atom. The first-order valence-corrected chi connectivity index (χ1v) is 7.78. The molecule has 1 saturated heterocycles. The van der Waals surface area contributed by atoms with Gasteiger partial charge >= 0.3 is 0 Å². The van der Waals surface area contributed by atoms with Crippen molar-refractivity contribution in [2.75, 3.05) is 19.7 Å². The van der Waals surface area contributed by atoms with Crippen molar-refractivity contribution in [3.63, 3.8) is 0 Å². The Kier molecular flexibility index (Phi) is 4.38. The van der Waals surface area contributed by atoms with Gasteiger partial charge in [-0.05, 0) is 18.9 Å². The highest BCUT2D eigenvalue weighted by Crippen LogP contribution is 2.18. The molecule has 0 radical (unpaired) electrons. The molecule has 1 aromatic heterocycles. The lowest BCUT2D eigenvalue weighted by Gasteiger charge is -2.23. The Morgan fingerprint density at radius 1 is 1.47 bits per heavy atom. The SMILES string of the molecule is CCN(CC1CCCO1)S(=O)(=O)c1ccc(=O)[nH]c1. The van der Waals surface area contributed by atoms with Crippen molar-refractivity contribution in [2.24, 2.45) is 0 Å². The zero-order valence-electron chi connectivity index (χ0n) is 10.8. The summed E-state index contributed by atoms with van der Waals surface area (Å²) >= 11 is 0. The molecule has 1 aliphatic rings. The van der Waals surface area contributed by atoms with Gasteiger partial charge in [0.05, 0.1) is 11.0 Å². The standard InChI is InChI=1S/C12H18N2O4S/c1-2-14(9-10-4-3-7-18-10)19(16,17)11-5-6-12(15)13-8-11/h5-6,8,10H,2-4,7,9H2,1H3,(H,13,15). The van der Waals surface area contributed by atoms with E-state index in [4.69, 9.17) is 4.74 Å². The van der Waals surface area contributed by atoms with Crippen molar-refractivity contribution in [3.8, 4) is 0 Å². The number of ether oxygens (including phenoxy) is 1. The lowest BCUT2D eigenvalue weighted by Crippen LogP contribution is -2.37. The Labute approximate surface area is 112 Å². The number of likely N-dealkylation sites (N-methyl/N-ethyl adjacent to an activating group) is 1. The predicted octanol–water partition coefficient (Wildman–Crippen LogP) is 0.565. The van der Waals surface area contributed by atoms with E-state index >= 15 is 0 Å². The van der Waals surface area contributed by atoms with Crippen molar-refractivity contribution in [1.29, 1.82) is 0 Å². The summed E-state index contributed by atoms with van der Waals surface area (Å²) in [4.78, 5) is 13.5. The molecule has 1 N–H and O–H groups in total. The Balaban J connectivity index is 2.19. The van der Waals surface area contributed by atoms with E-state index in [-0.39, 0.29) is 16.6 Å². The summed E-state index contributed by atoms with van der Waals surface area (Å²) < 4.78 is 31.7. The molecule has 1 atom stereocenters. The second-order valence-corrected chi connectivity index (χ2v) is 6.42. The smallest absolute Gasteiger partial charge is 0.247 e. The molecular weight excluding hydrogens is 268 g/mol. The summed E-state index contributed by atoms with van der Waals surface area (Å²) in [5, 5.41) is 0. The number of nitrogens with zero attached hydrogens (tertiary/aromatic N) is 1. The number of H-pyrrole nitrogens is 1. The summed E-state index contributed by atoms with van der Waals surface area (Å²) in [7, 11) is -3.57. The molecule has 106 valence electrons. The average Bonchev–Trinajstić information content (AvgIpc) is 2.89. The van der Waals surface area contributed by atoms with Crippen molar-refractivity contribution in [3.05, 3.63) is 28.7 Å². The third-order valence-corrected chi connectivity index (χ3v) is 5.11. The summed E-state index contributed by atoms with van der Waals surface area (Å²) in [6, 6.07) is 2.54. The molecule has 2 rings (SSSR count). The highest BCUT2D eigenvalue weighted by atomic mass is 32.2. The maximum Gasteiger partial charge on any atom is 0.247 e. The summed E-state index contributed by atoms with van der Waals surface area (Å²) in [6.07, 6.45) is 3.06. The third kappa shape index (κ3) is 3.23. The number of rotatable bonds is 5. The van der Waals surface area contributed by atoms with Crippen molar-refractivity contribution < 1.29 is 13.2 Å². The Morgan fingerprint density at radius 2 is 2.26 bits per heavy atom. The molecule has 1 unspecified atom stereocenters. The van der Waals surface area contributed by atoms with Crippen molar-refractivity contribution in [1.82, 2.24) is 9.29 Å². The molecule has 1 aliphatic heterocycles. The predicted molar refractivity (Wildman–Crippen MR) is 70.5 cm³/mol. The molecule has 0 aromatic carbocycles. The van der Waals surface area contributed by atoms with Crippen molar-refractivity contribution >= 4 is 10.0 Å². The maximum atomic E-state index is 12.4. The van der Waals surface area contributed by atoms with Crippen LogP contribution in [0.15, 0.2) is 28.0 Å². The summed E-state index contributed by atoms with van der Waals surface area (Å²) in [6.45, 7) is 3.22. The zero-order chi connectivity index (χ0) is 13.9. The minimum atomic E-state index is -3.57. The molecule has 0 amide bonds. The largest absolute Gasteiger partial charge is 0.377 e. The van der Waals surface area contributed by atoms with Gasteiger partial charge in [0.25, 0.3) is 0 Å². The van der Waals surface area contributed by atoms with Crippen molar-refractivity contribution in [2.45, 2.75) is 30.8 Å². The van der Waals surface area contributed by atoms with E-state index in [0.29, 0.717) is 19.7 Å². The molecule has 2 heterocycles. The number of nitrogens with one attached hydrogen (secondary N) is 1. The topological polar surface area (TPSA) is 79.5 Å². The maximum absolute atomic E-state index is 12.4. The van der Waals surface area contributed by atoms with E-state index in [1.807, 2.05) is 0 Å². The lowest BCUT2D eigenvalue weighted by atomic mass is 10.2. The van der Waals surface area contributed by atoms with Gasteiger partial charge in [-0.15, -0.1) is 0 Å². The number of sulfonamides is 1. The van der Waals surface area contributed by atoms with Crippen LogP contribution in [0, 0.1) is 0 Å². The molecule has 6 nitrogen and oxygen atoms in total. The van der Waals surface area contributed by atoms with Gasteiger partial charge in [0.1, 0.15) is 0 Å². The second kappa shape index (κ2) is 5.85. The highest BCUT2D eigenvalue weighted by Gasteiger charge is 2.27. The molecular formula is C12H18N2O4S. The van der Waals surface area contributed by atoms with Crippen LogP contribution in [0.5, 0.6) is 0 Å². The quantitative estimate of drug-likeness (QED) is 0.858. The van der Waals surface area contributed by atoms with Crippen LogP contribution in [0.3, 0.4) is 0 Å². The monoisotopic (exact) mass is 286 g/mol. The van der Waals surface area contributed by atoms with E-state index in [1.54, 1.807) is 6.92 Å². The van der Waals surface area contributed by atoms with Crippen LogP contribution in [-0.2, 0) is 14.8 Å². The fourth-order valence-corrected chi connectivity index (χ4v) is 3.57. The molecule has 7 heteroatoms. The molecule has 0 spiro atoms. The molecule has 19 heavy (non-hydrogen) atoms. The minimum Gasteiger partial charge on any atom is -0.377 e. The highest BCUT2D eigenvalue weighted by molar-refractivity contribution is 7.89. The fraction of sp³-hybridized carbons (Fsp3) is 0.583. The number of pyridine rings is 1. The van der Waals surface area contributed by atoms with Gasteiger partial charge in [-0.3, -0.25) is 4.79 Å². The van der Waals surface area contributed by atoms with Crippen LogP contribution in [0.4, 0.5) is 0 Å². The molecule has 1 aromatic rings. The molecule has 0 bridgehead atoms. The van der Waals surface area contributed by atoms with Gasteiger partial charge in [0.2, 0.25) is 15.6 Å². The lowest BCUT2D eigenvalue weighted by molar-refractivity contribution is 0.0947. The number of aromatic nitrogens is 1. The number of hydrogen-bond donors (Lipinski definition) is 1. The van der Waals surface area contributed by atoms with Gasteiger partial charge in [-0.2, -0.15) is 4.31 Å². The number of hydrogen-bond acceptors (Lipinski definition) is 4. The summed E-state index contributed by atoms with van der Waals surface area (Å²) in [5.74, 6) is 0. The van der Waals surface area contributed by atoms with E-state index in [9.17, 15) is 13.2 Å². The molecule has 0 aliphatic carbocycles. The summed E-state index contributed by atoms with van der Waals surface area (Å²) in [5.41, 5.74) is -0.318. The third-order valence-electron chi connectivity index (χ3n) is 3.18. The zero-order valence-corrected chi connectivity index (χ0v) is 11.6. The minimum absolute atomic E-state index is 0.0301. The van der Waals surface area contributed by atoms with Gasteiger partial charge in [0.15, 0.2) is 0 Å². The Hall–Kier alpha value is -1.18. The van der Waals surface area contributed by atoms with E-state index < -0.39 is 10.0 Å². The van der Waals surface area contributed by atoms with Crippen LogP contribution in [0.25, 0.3) is 0 Å². The fourth-order valence-electron chi connectivity index (χ4n) is 2.12.